The van der Waals surface area contributed by atoms with E-state index in [-0.39, 0.29) is 5.91 Å². The molecule has 1 aliphatic rings. The summed E-state index contributed by atoms with van der Waals surface area (Å²) in [6.07, 6.45) is 1.83. The molecule has 7 nitrogen and oxygen atoms in total. The van der Waals surface area contributed by atoms with E-state index in [2.05, 4.69) is 40.3 Å². The van der Waals surface area contributed by atoms with E-state index in [1.165, 1.54) is 0 Å². The van der Waals surface area contributed by atoms with Crippen LogP contribution in [0.15, 0.2) is 54.3 Å². The topological polar surface area (TPSA) is 65.2 Å². The van der Waals surface area contributed by atoms with Gasteiger partial charge in [0.05, 0.1) is 34.1 Å². The van der Waals surface area contributed by atoms with Crippen molar-refractivity contribution in [2.45, 2.75) is 20.0 Å². The Hall–Kier alpha value is -3.65. The molecule has 5 aromatic rings. The minimum atomic E-state index is 0.0128. The average Bonchev–Trinajstić information content (AvgIpc) is 3.48. The van der Waals surface area contributed by atoms with E-state index in [9.17, 15) is 4.79 Å². The van der Waals surface area contributed by atoms with Crippen molar-refractivity contribution >= 4 is 38.6 Å². The zero-order valence-electron chi connectivity index (χ0n) is 18.5. The fourth-order valence-electron chi connectivity index (χ4n) is 4.59. The van der Waals surface area contributed by atoms with Crippen molar-refractivity contribution in [2.75, 3.05) is 13.2 Å². The highest BCUT2D eigenvalue weighted by Crippen LogP contribution is 2.32. The number of hydrogen-bond acceptors (Lipinski definition) is 5. The van der Waals surface area contributed by atoms with Crippen LogP contribution in [0.3, 0.4) is 0 Å². The van der Waals surface area contributed by atoms with Crippen LogP contribution >= 0.6 is 11.3 Å². The molecule has 0 N–H and O–H groups in total. The summed E-state index contributed by atoms with van der Waals surface area (Å²) in [6.45, 7) is 4.26. The van der Waals surface area contributed by atoms with Gasteiger partial charge in [0, 0.05) is 25.7 Å². The predicted molar refractivity (Wildman–Crippen MR) is 130 cm³/mol. The molecule has 0 fully saturated rings. The molecule has 8 heteroatoms. The van der Waals surface area contributed by atoms with Crippen LogP contribution < -0.4 is 4.74 Å². The highest BCUT2D eigenvalue weighted by atomic mass is 32.1. The number of fused-ring (bicyclic) bond motifs is 3. The number of rotatable bonds is 3. The number of aryl methyl sites for hydroxylation is 2. The Morgan fingerprint density at radius 3 is 2.85 bits per heavy atom. The number of thiazole rings is 1. The van der Waals surface area contributed by atoms with Crippen LogP contribution in [0.1, 0.15) is 23.0 Å². The van der Waals surface area contributed by atoms with Gasteiger partial charge in [-0.25, -0.2) is 9.97 Å². The molecule has 0 saturated heterocycles. The van der Waals surface area contributed by atoms with Gasteiger partial charge < -0.3 is 18.8 Å². The minimum absolute atomic E-state index is 0.0128. The van der Waals surface area contributed by atoms with Gasteiger partial charge in [-0.1, -0.05) is 12.1 Å². The Bertz CT molecular complexity index is 1510. The zero-order chi connectivity index (χ0) is 22.5. The molecule has 0 aliphatic carbocycles. The summed E-state index contributed by atoms with van der Waals surface area (Å²) in [6, 6.07) is 14.5. The van der Waals surface area contributed by atoms with Crippen LogP contribution in [0.4, 0.5) is 0 Å². The van der Waals surface area contributed by atoms with Gasteiger partial charge in [-0.05, 0) is 48.4 Å². The summed E-state index contributed by atoms with van der Waals surface area (Å²) in [5, 5.41) is 0. The Labute approximate surface area is 194 Å². The standard InChI is InChI=1S/C25H23N5O2S/c1-3-30-21(12-23-24(30)27-15-33-23)25(31)29-8-9-32-22-7-5-16(10-18(22)13-29)17-4-6-20-19(11-17)26-14-28(20)2/h4-7,10-12,14-15H,3,8-9,13H2,1-2H3. The van der Waals surface area contributed by atoms with Gasteiger partial charge in [0.25, 0.3) is 5.91 Å². The van der Waals surface area contributed by atoms with E-state index < -0.39 is 0 Å². The SMILES string of the molecule is CCn1c(C(=O)N2CCOc3ccc(-c4ccc5c(c4)ncn5C)cc3C2)cc2scnc21. The maximum atomic E-state index is 13.5. The van der Waals surface area contributed by atoms with E-state index in [1.807, 2.05) is 52.0 Å². The lowest BCUT2D eigenvalue weighted by Crippen LogP contribution is -2.33. The number of hydrogen-bond donors (Lipinski definition) is 0. The second kappa shape index (κ2) is 7.74. The lowest BCUT2D eigenvalue weighted by molar-refractivity contribution is 0.0723. The number of benzene rings is 2. The first kappa shape index (κ1) is 20.0. The van der Waals surface area contributed by atoms with Crippen molar-refractivity contribution in [3.8, 4) is 16.9 Å². The number of imidazole rings is 1. The van der Waals surface area contributed by atoms with Crippen molar-refractivity contribution in [3.05, 3.63) is 65.6 Å². The molecular weight excluding hydrogens is 434 g/mol. The minimum Gasteiger partial charge on any atom is -0.491 e. The Balaban J connectivity index is 1.34. The van der Waals surface area contributed by atoms with Gasteiger partial charge in [0.1, 0.15) is 18.1 Å². The Morgan fingerprint density at radius 2 is 1.97 bits per heavy atom. The normalized spacial score (nSPS) is 13.8. The van der Waals surface area contributed by atoms with Crippen molar-refractivity contribution in [1.82, 2.24) is 24.0 Å². The van der Waals surface area contributed by atoms with Crippen molar-refractivity contribution in [2.24, 2.45) is 7.05 Å². The molecule has 33 heavy (non-hydrogen) atoms. The maximum absolute atomic E-state index is 13.5. The van der Waals surface area contributed by atoms with Gasteiger partial charge in [0.15, 0.2) is 5.65 Å². The summed E-state index contributed by atoms with van der Waals surface area (Å²) in [5.41, 5.74) is 8.64. The zero-order valence-corrected chi connectivity index (χ0v) is 19.3. The number of aromatic nitrogens is 4. The molecular formula is C25H23N5O2S. The summed E-state index contributed by atoms with van der Waals surface area (Å²) < 4.78 is 11.1. The molecule has 166 valence electrons. The van der Waals surface area contributed by atoms with Crippen LogP contribution in [0.2, 0.25) is 0 Å². The van der Waals surface area contributed by atoms with E-state index in [0.717, 1.165) is 43.8 Å². The molecule has 0 atom stereocenters. The largest absolute Gasteiger partial charge is 0.491 e. The first-order valence-electron chi connectivity index (χ1n) is 11.0. The summed E-state index contributed by atoms with van der Waals surface area (Å²) >= 11 is 1.56. The molecule has 0 bridgehead atoms. The molecule has 4 heterocycles. The van der Waals surface area contributed by atoms with Gasteiger partial charge in [-0.15, -0.1) is 11.3 Å². The Morgan fingerprint density at radius 1 is 1.12 bits per heavy atom. The fourth-order valence-corrected chi connectivity index (χ4v) is 5.30. The molecule has 0 unspecified atom stereocenters. The molecule has 0 spiro atoms. The second-order valence-electron chi connectivity index (χ2n) is 8.27. The van der Waals surface area contributed by atoms with Crippen molar-refractivity contribution < 1.29 is 9.53 Å². The van der Waals surface area contributed by atoms with Crippen LogP contribution in [0, 0.1) is 0 Å². The molecule has 3 aromatic heterocycles. The average molecular weight is 458 g/mol. The van der Waals surface area contributed by atoms with E-state index in [0.29, 0.717) is 31.9 Å². The molecule has 0 saturated carbocycles. The number of amides is 1. The Kier molecular flexibility index (Phi) is 4.69. The first-order chi connectivity index (χ1) is 16.1. The molecule has 6 rings (SSSR count). The van der Waals surface area contributed by atoms with E-state index in [4.69, 9.17) is 4.74 Å². The van der Waals surface area contributed by atoms with Crippen LogP contribution in [-0.4, -0.2) is 43.1 Å². The third-order valence-electron chi connectivity index (χ3n) is 6.31. The van der Waals surface area contributed by atoms with Gasteiger partial charge >= 0.3 is 0 Å². The van der Waals surface area contributed by atoms with E-state index in [1.54, 1.807) is 11.3 Å². The predicted octanol–water partition coefficient (Wildman–Crippen LogP) is 4.71. The quantitative estimate of drug-likeness (QED) is 0.394. The highest BCUT2D eigenvalue weighted by Gasteiger charge is 2.25. The van der Waals surface area contributed by atoms with Crippen LogP contribution in [0.5, 0.6) is 5.75 Å². The maximum Gasteiger partial charge on any atom is 0.271 e. The third kappa shape index (κ3) is 3.29. The first-order valence-corrected chi connectivity index (χ1v) is 11.9. The molecule has 2 aromatic carbocycles. The monoisotopic (exact) mass is 457 g/mol. The lowest BCUT2D eigenvalue weighted by atomic mass is 10.0. The summed E-state index contributed by atoms with van der Waals surface area (Å²) in [5.74, 6) is 0.847. The molecule has 0 radical (unpaired) electrons. The smallest absolute Gasteiger partial charge is 0.271 e. The van der Waals surface area contributed by atoms with E-state index >= 15 is 0 Å². The van der Waals surface area contributed by atoms with Crippen molar-refractivity contribution in [3.63, 3.8) is 0 Å². The van der Waals surface area contributed by atoms with Gasteiger partial charge in [-0.2, -0.15) is 0 Å². The number of carbonyl (C=O) groups excluding carboxylic acids is 1. The van der Waals surface area contributed by atoms with Crippen LogP contribution in [-0.2, 0) is 20.1 Å². The highest BCUT2D eigenvalue weighted by molar-refractivity contribution is 7.16. The van der Waals surface area contributed by atoms with Gasteiger partial charge in [0.2, 0.25) is 0 Å². The third-order valence-corrected chi connectivity index (χ3v) is 7.08. The number of carbonyl (C=O) groups is 1. The summed E-state index contributed by atoms with van der Waals surface area (Å²) in [4.78, 5) is 24.3. The lowest BCUT2D eigenvalue weighted by Gasteiger charge is -2.21. The fraction of sp³-hybridized carbons (Fsp3) is 0.240. The number of nitrogens with zero attached hydrogens (tertiary/aromatic N) is 5. The number of ether oxygens (including phenoxy) is 1. The van der Waals surface area contributed by atoms with Crippen LogP contribution in [0.25, 0.3) is 32.5 Å². The molecule has 1 aliphatic heterocycles. The molecule has 1 amide bonds. The van der Waals surface area contributed by atoms with Gasteiger partial charge in [-0.3, -0.25) is 4.79 Å². The van der Waals surface area contributed by atoms with Crippen molar-refractivity contribution in [1.29, 1.82) is 0 Å². The summed E-state index contributed by atoms with van der Waals surface area (Å²) in [7, 11) is 2.00. The second-order valence-corrected chi connectivity index (χ2v) is 9.16.